The van der Waals surface area contributed by atoms with Crippen LogP contribution in [0.2, 0.25) is 0 Å². The van der Waals surface area contributed by atoms with Gasteiger partial charge in [0.05, 0.1) is 19.3 Å². The highest BCUT2D eigenvalue weighted by atomic mass is 16.3. The molecule has 1 aliphatic rings. The molecule has 1 atom stereocenters. The molecule has 3 rings (SSSR count). The molecule has 1 saturated heterocycles. The van der Waals surface area contributed by atoms with Gasteiger partial charge in [-0.3, -0.25) is 4.79 Å². The van der Waals surface area contributed by atoms with Crippen LogP contribution < -0.4 is 0 Å². The van der Waals surface area contributed by atoms with Gasteiger partial charge in [0, 0.05) is 29.5 Å². The second-order valence-corrected chi connectivity index (χ2v) is 6.91. The highest BCUT2D eigenvalue weighted by Gasteiger charge is 2.38. The first-order valence-corrected chi connectivity index (χ1v) is 8.42. The summed E-state index contributed by atoms with van der Waals surface area (Å²) in [6, 6.07) is 6.06. The lowest BCUT2D eigenvalue weighted by atomic mass is 9.83. The number of carbonyl (C=O) groups is 1. The molecule has 2 heterocycles. The van der Waals surface area contributed by atoms with Crippen LogP contribution in [0.1, 0.15) is 37.3 Å². The molecule has 23 heavy (non-hydrogen) atoms. The molecule has 0 aliphatic carbocycles. The van der Waals surface area contributed by atoms with Crippen LogP contribution in [0.4, 0.5) is 0 Å². The highest BCUT2D eigenvalue weighted by molar-refractivity contribution is 5.88. The van der Waals surface area contributed by atoms with Crippen LogP contribution in [0, 0.1) is 12.3 Å². The Morgan fingerprint density at radius 1 is 1.43 bits per heavy atom. The SMILES string of the molecule is CCCC1(CO)CCN(C(=O)Cc2coc3cc(C)ccc23)C1. The predicted molar refractivity (Wildman–Crippen MR) is 90.3 cm³/mol. The number of hydrogen-bond acceptors (Lipinski definition) is 3. The Balaban J connectivity index is 1.72. The van der Waals surface area contributed by atoms with E-state index in [1.54, 1.807) is 6.26 Å². The average molecular weight is 315 g/mol. The molecule has 1 amide bonds. The third-order valence-electron chi connectivity index (χ3n) is 5.06. The van der Waals surface area contributed by atoms with Gasteiger partial charge in [0.25, 0.3) is 0 Å². The fourth-order valence-electron chi connectivity index (χ4n) is 3.69. The molecule has 1 fully saturated rings. The quantitative estimate of drug-likeness (QED) is 0.921. The second-order valence-electron chi connectivity index (χ2n) is 6.91. The van der Waals surface area contributed by atoms with Crippen molar-refractivity contribution in [2.45, 2.75) is 39.5 Å². The minimum atomic E-state index is -0.0972. The molecule has 4 nitrogen and oxygen atoms in total. The van der Waals surface area contributed by atoms with E-state index in [2.05, 4.69) is 6.92 Å². The van der Waals surface area contributed by atoms with Crippen molar-refractivity contribution in [2.75, 3.05) is 19.7 Å². The average Bonchev–Trinajstić information content (AvgIpc) is 3.13. The molecule has 1 N–H and O–H groups in total. The second kappa shape index (κ2) is 6.36. The summed E-state index contributed by atoms with van der Waals surface area (Å²) in [5.41, 5.74) is 2.84. The number of likely N-dealkylation sites (tertiary alicyclic amines) is 1. The molecule has 4 heteroatoms. The van der Waals surface area contributed by atoms with Crippen molar-refractivity contribution in [3.05, 3.63) is 35.6 Å². The van der Waals surface area contributed by atoms with E-state index in [1.165, 1.54) is 0 Å². The summed E-state index contributed by atoms with van der Waals surface area (Å²) < 4.78 is 5.58. The monoisotopic (exact) mass is 315 g/mol. The van der Waals surface area contributed by atoms with Crippen LogP contribution in [-0.4, -0.2) is 35.6 Å². The standard InChI is InChI=1S/C19H25NO3/c1-3-6-19(13-21)7-8-20(12-19)18(22)10-15-11-23-17-9-14(2)4-5-16(15)17/h4-5,9,11,21H,3,6-8,10,12-13H2,1-2H3. The summed E-state index contributed by atoms with van der Waals surface area (Å²) in [5, 5.41) is 10.7. The lowest BCUT2D eigenvalue weighted by Gasteiger charge is -2.26. The minimum absolute atomic E-state index is 0.0972. The normalized spacial score (nSPS) is 21.3. The Morgan fingerprint density at radius 3 is 3.00 bits per heavy atom. The van der Waals surface area contributed by atoms with E-state index < -0.39 is 0 Å². The number of aryl methyl sites for hydroxylation is 1. The van der Waals surface area contributed by atoms with Crippen LogP contribution in [0.3, 0.4) is 0 Å². The number of aliphatic hydroxyl groups is 1. The number of hydrogen-bond donors (Lipinski definition) is 1. The molecular weight excluding hydrogens is 290 g/mol. The number of fused-ring (bicyclic) bond motifs is 1. The van der Waals surface area contributed by atoms with Gasteiger partial charge in [0.2, 0.25) is 5.91 Å². The number of amides is 1. The van der Waals surface area contributed by atoms with Crippen LogP contribution in [0.25, 0.3) is 11.0 Å². The Morgan fingerprint density at radius 2 is 2.26 bits per heavy atom. The number of furan rings is 1. The molecule has 1 unspecified atom stereocenters. The van der Waals surface area contributed by atoms with Gasteiger partial charge in [-0.05, 0) is 31.4 Å². The Hall–Kier alpha value is -1.81. The van der Waals surface area contributed by atoms with Crippen molar-refractivity contribution in [2.24, 2.45) is 5.41 Å². The predicted octanol–water partition coefficient (Wildman–Crippen LogP) is 3.29. The minimum Gasteiger partial charge on any atom is -0.464 e. The lowest BCUT2D eigenvalue weighted by molar-refractivity contribution is -0.130. The van der Waals surface area contributed by atoms with E-state index in [1.807, 2.05) is 30.0 Å². The van der Waals surface area contributed by atoms with Gasteiger partial charge in [0.15, 0.2) is 0 Å². The van der Waals surface area contributed by atoms with Gasteiger partial charge >= 0.3 is 0 Å². The highest BCUT2D eigenvalue weighted by Crippen LogP contribution is 2.35. The van der Waals surface area contributed by atoms with Crippen molar-refractivity contribution in [1.82, 2.24) is 4.90 Å². The van der Waals surface area contributed by atoms with Gasteiger partial charge in [-0.1, -0.05) is 25.5 Å². The first-order chi connectivity index (χ1) is 11.1. The van der Waals surface area contributed by atoms with Crippen LogP contribution in [0.15, 0.2) is 28.9 Å². The largest absolute Gasteiger partial charge is 0.464 e. The number of aliphatic hydroxyl groups excluding tert-OH is 1. The topological polar surface area (TPSA) is 53.7 Å². The zero-order valence-corrected chi connectivity index (χ0v) is 14.0. The summed E-state index contributed by atoms with van der Waals surface area (Å²) in [6.45, 7) is 5.73. The zero-order valence-electron chi connectivity index (χ0n) is 14.0. The first kappa shape index (κ1) is 16.1. The van der Waals surface area contributed by atoms with Crippen molar-refractivity contribution < 1.29 is 14.3 Å². The van der Waals surface area contributed by atoms with E-state index >= 15 is 0 Å². The molecule has 2 aromatic rings. The Labute approximate surface area is 137 Å². The Kier molecular flexibility index (Phi) is 4.44. The number of rotatable bonds is 5. The molecule has 0 spiro atoms. The summed E-state index contributed by atoms with van der Waals surface area (Å²) in [7, 11) is 0. The molecular formula is C19H25NO3. The van der Waals surface area contributed by atoms with Crippen molar-refractivity contribution in [1.29, 1.82) is 0 Å². The first-order valence-electron chi connectivity index (χ1n) is 8.42. The number of benzene rings is 1. The molecule has 1 aromatic heterocycles. The van der Waals surface area contributed by atoms with Crippen molar-refractivity contribution in [3.8, 4) is 0 Å². The van der Waals surface area contributed by atoms with Crippen LogP contribution in [0.5, 0.6) is 0 Å². The zero-order chi connectivity index (χ0) is 16.4. The van der Waals surface area contributed by atoms with Gasteiger partial charge in [-0.2, -0.15) is 0 Å². The molecule has 0 bridgehead atoms. The van der Waals surface area contributed by atoms with Crippen molar-refractivity contribution >= 4 is 16.9 Å². The molecule has 1 aliphatic heterocycles. The van der Waals surface area contributed by atoms with E-state index in [0.29, 0.717) is 13.0 Å². The third-order valence-corrected chi connectivity index (χ3v) is 5.06. The lowest BCUT2D eigenvalue weighted by Crippen LogP contribution is -2.34. The fourth-order valence-corrected chi connectivity index (χ4v) is 3.69. The summed E-state index contributed by atoms with van der Waals surface area (Å²) in [5.74, 6) is 0.125. The maximum absolute atomic E-state index is 12.6. The van der Waals surface area contributed by atoms with Gasteiger partial charge in [-0.15, -0.1) is 0 Å². The maximum Gasteiger partial charge on any atom is 0.227 e. The van der Waals surface area contributed by atoms with Gasteiger partial charge < -0.3 is 14.4 Å². The molecule has 0 radical (unpaired) electrons. The Bertz CT molecular complexity index is 706. The van der Waals surface area contributed by atoms with E-state index in [9.17, 15) is 9.90 Å². The smallest absolute Gasteiger partial charge is 0.227 e. The van der Waals surface area contributed by atoms with E-state index in [-0.39, 0.29) is 17.9 Å². The van der Waals surface area contributed by atoms with E-state index in [4.69, 9.17) is 4.42 Å². The molecule has 124 valence electrons. The van der Waals surface area contributed by atoms with Crippen LogP contribution in [-0.2, 0) is 11.2 Å². The van der Waals surface area contributed by atoms with Crippen LogP contribution >= 0.6 is 0 Å². The summed E-state index contributed by atoms with van der Waals surface area (Å²) >= 11 is 0. The molecule has 1 aromatic carbocycles. The fraction of sp³-hybridized carbons (Fsp3) is 0.526. The van der Waals surface area contributed by atoms with Crippen molar-refractivity contribution in [3.63, 3.8) is 0 Å². The van der Waals surface area contributed by atoms with Gasteiger partial charge in [0.1, 0.15) is 5.58 Å². The van der Waals surface area contributed by atoms with E-state index in [0.717, 1.165) is 47.9 Å². The maximum atomic E-state index is 12.6. The number of nitrogens with zero attached hydrogens (tertiary/aromatic N) is 1. The summed E-state index contributed by atoms with van der Waals surface area (Å²) in [4.78, 5) is 14.5. The molecule has 0 saturated carbocycles. The van der Waals surface area contributed by atoms with Gasteiger partial charge in [-0.25, -0.2) is 0 Å². The number of carbonyl (C=O) groups excluding carboxylic acids is 1. The third kappa shape index (κ3) is 3.13. The summed E-state index contributed by atoms with van der Waals surface area (Å²) in [6.07, 6.45) is 4.97.